The van der Waals surface area contributed by atoms with E-state index in [0.29, 0.717) is 12.6 Å². The highest BCUT2D eigenvalue weighted by Gasteiger charge is 2.47. The predicted molar refractivity (Wildman–Crippen MR) is 105 cm³/mol. The highest BCUT2D eigenvalue weighted by Crippen LogP contribution is 2.34. The lowest BCUT2D eigenvalue weighted by Crippen LogP contribution is -2.55. The van der Waals surface area contributed by atoms with Gasteiger partial charge in [0, 0.05) is 30.8 Å². The van der Waals surface area contributed by atoms with E-state index in [4.69, 9.17) is 9.47 Å². The van der Waals surface area contributed by atoms with Gasteiger partial charge in [-0.1, -0.05) is 0 Å². The molecular formula is C21H22F2N2O6. The molecule has 1 fully saturated rings. The van der Waals surface area contributed by atoms with E-state index < -0.39 is 34.9 Å². The summed E-state index contributed by atoms with van der Waals surface area (Å²) < 4.78 is 38.8. The average Bonchev–Trinajstić information content (AvgIpc) is 2.74. The Morgan fingerprint density at radius 1 is 1.26 bits per heavy atom. The standard InChI is InChI=1S/C21H22F2N2O6/c22-16-6-5-14(9-17(16)23)31-21(15(20(28)29)10-19(26)27)18(4-2-8-25-21)30-12-13-3-1-7-24-11-13/h2,4-6,8-10,13,24-25H,1,3,7,11-12H2,(H,26,27)(H,28,29)/b15-10-/t13?,21-/m1/s1. The quantitative estimate of drug-likeness (QED) is 0.458. The summed E-state index contributed by atoms with van der Waals surface area (Å²) in [5, 5.41) is 24.9. The van der Waals surface area contributed by atoms with Gasteiger partial charge in [0.05, 0.1) is 6.61 Å². The number of allylic oxidation sites excluding steroid dienone is 2. The summed E-state index contributed by atoms with van der Waals surface area (Å²) in [7, 11) is 0. The molecule has 31 heavy (non-hydrogen) atoms. The van der Waals surface area contributed by atoms with Crippen molar-refractivity contribution in [3.05, 3.63) is 65.6 Å². The maximum absolute atomic E-state index is 13.7. The van der Waals surface area contributed by atoms with Gasteiger partial charge in [0.15, 0.2) is 17.4 Å². The minimum Gasteiger partial charge on any atom is -0.491 e. The average molecular weight is 436 g/mol. The van der Waals surface area contributed by atoms with E-state index in [1.807, 2.05) is 0 Å². The summed E-state index contributed by atoms with van der Waals surface area (Å²) in [6, 6.07) is 2.65. The number of rotatable bonds is 8. The normalized spacial score (nSPS) is 23.5. The van der Waals surface area contributed by atoms with Crippen molar-refractivity contribution in [2.24, 2.45) is 5.92 Å². The molecule has 2 aliphatic heterocycles. The Labute approximate surface area is 176 Å². The maximum Gasteiger partial charge on any atom is 0.338 e. The third-order valence-electron chi connectivity index (χ3n) is 4.89. The monoisotopic (exact) mass is 436 g/mol. The lowest BCUT2D eigenvalue weighted by Gasteiger charge is -2.38. The maximum atomic E-state index is 13.7. The van der Waals surface area contributed by atoms with Crippen molar-refractivity contribution in [1.29, 1.82) is 0 Å². The van der Waals surface area contributed by atoms with Crippen LogP contribution in [0.15, 0.2) is 54.0 Å². The van der Waals surface area contributed by atoms with E-state index in [-0.39, 0.29) is 24.0 Å². The van der Waals surface area contributed by atoms with E-state index in [2.05, 4.69) is 10.6 Å². The fraction of sp³-hybridized carbons (Fsp3) is 0.333. The summed E-state index contributed by atoms with van der Waals surface area (Å²) in [4.78, 5) is 23.3. The Balaban J connectivity index is 2.00. The van der Waals surface area contributed by atoms with Crippen molar-refractivity contribution >= 4 is 11.9 Å². The molecule has 0 amide bonds. The molecule has 10 heteroatoms. The Kier molecular flexibility index (Phi) is 6.91. The van der Waals surface area contributed by atoms with Gasteiger partial charge in [0.25, 0.3) is 5.72 Å². The zero-order valence-corrected chi connectivity index (χ0v) is 16.4. The van der Waals surface area contributed by atoms with Crippen LogP contribution in [-0.2, 0) is 14.3 Å². The highest BCUT2D eigenvalue weighted by atomic mass is 19.2. The lowest BCUT2D eigenvalue weighted by atomic mass is 9.96. The van der Waals surface area contributed by atoms with Gasteiger partial charge in [-0.25, -0.2) is 18.4 Å². The first kappa shape index (κ1) is 22.3. The van der Waals surface area contributed by atoms with Crippen molar-refractivity contribution in [1.82, 2.24) is 10.6 Å². The molecule has 0 bridgehead atoms. The van der Waals surface area contributed by atoms with Gasteiger partial charge in [0.2, 0.25) is 0 Å². The van der Waals surface area contributed by atoms with Gasteiger partial charge in [-0.2, -0.15) is 0 Å². The second-order valence-corrected chi connectivity index (χ2v) is 7.12. The van der Waals surface area contributed by atoms with Crippen LogP contribution < -0.4 is 15.4 Å². The summed E-state index contributed by atoms with van der Waals surface area (Å²) in [6.07, 6.45) is 6.63. The van der Waals surface area contributed by atoms with Gasteiger partial charge in [-0.05, 0) is 43.7 Å². The molecular weight excluding hydrogens is 414 g/mol. The minimum atomic E-state index is -2.12. The van der Waals surface area contributed by atoms with E-state index in [9.17, 15) is 28.6 Å². The molecule has 2 aliphatic rings. The Bertz CT molecular complexity index is 940. The number of aliphatic carboxylic acids is 2. The number of carboxylic acids is 2. The molecule has 3 rings (SSSR count). The van der Waals surface area contributed by atoms with Crippen LogP contribution in [0.4, 0.5) is 8.78 Å². The number of ether oxygens (including phenoxy) is 2. The predicted octanol–water partition coefficient (Wildman–Crippen LogP) is 2.15. The largest absolute Gasteiger partial charge is 0.491 e. The third kappa shape index (κ3) is 5.21. The number of hydrogen-bond acceptors (Lipinski definition) is 6. The fourth-order valence-corrected chi connectivity index (χ4v) is 3.41. The van der Waals surface area contributed by atoms with Gasteiger partial charge >= 0.3 is 11.9 Å². The fourth-order valence-electron chi connectivity index (χ4n) is 3.41. The van der Waals surface area contributed by atoms with Crippen LogP contribution in [0.3, 0.4) is 0 Å². The van der Waals surface area contributed by atoms with E-state index >= 15 is 0 Å². The molecule has 1 aromatic carbocycles. The number of piperidine rings is 1. The van der Waals surface area contributed by atoms with E-state index in [1.165, 1.54) is 18.4 Å². The van der Waals surface area contributed by atoms with Crippen LogP contribution in [-0.4, -0.2) is 47.6 Å². The topological polar surface area (TPSA) is 117 Å². The van der Waals surface area contributed by atoms with E-state index in [1.54, 1.807) is 0 Å². The zero-order valence-electron chi connectivity index (χ0n) is 16.4. The lowest BCUT2D eigenvalue weighted by molar-refractivity contribution is -0.137. The molecule has 1 unspecified atom stereocenters. The van der Waals surface area contributed by atoms with Crippen LogP contribution in [0.2, 0.25) is 0 Å². The molecule has 1 saturated heterocycles. The molecule has 2 atom stereocenters. The molecule has 1 aromatic rings. The van der Waals surface area contributed by atoms with Gasteiger partial charge in [0.1, 0.15) is 11.3 Å². The van der Waals surface area contributed by atoms with Crippen molar-refractivity contribution in [2.45, 2.75) is 18.6 Å². The number of halogens is 2. The number of hydrogen-bond donors (Lipinski definition) is 4. The van der Waals surface area contributed by atoms with Crippen LogP contribution >= 0.6 is 0 Å². The molecule has 0 aliphatic carbocycles. The SMILES string of the molecule is O=C(O)/C=C(/C(=O)O)[C@]1(Oc2ccc(F)c(F)c2)NC=CC=C1OCC1CCCNC1. The van der Waals surface area contributed by atoms with Crippen LogP contribution in [0.5, 0.6) is 5.75 Å². The number of benzene rings is 1. The number of carboxylic acid groups (broad SMARTS) is 2. The van der Waals surface area contributed by atoms with Gasteiger partial charge in [-0.3, -0.25) is 0 Å². The van der Waals surface area contributed by atoms with Gasteiger partial charge < -0.3 is 30.3 Å². The molecule has 2 heterocycles. The molecule has 0 saturated carbocycles. The molecule has 8 nitrogen and oxygen atoms in total. The first-order chi connectivity index (χ1) is 14.8. The summed E-state index contributed by atoms with van der Waals surface area (Å²) in [5.41, 5.74) is -2.83. The third-order valence-corrected chi connectivity index (χ3v) is 4.89. The molecule has 0 spiro atoms. The zero-order chi connectivity index (χ0) is 22.4. The van der Waals surface area contributed by atoms with Crippen molar-refractivity contribution in [3.8, 4) is 5.75 Å². The summed E-state index contributed by atoms with van der Waals surface area (Å²) in [5.74, 6) is -5.56. The number of dihydropyridines is 1. The Hall–Kier alpha value is -3.40. The molecule has 0 aromatic heterocycles. The summed E-state index contributed by atoms with van der Waals surface area (Å²) in [6.45, 7) is 1.83. The second-order valence-electron chi connectivity index (χ2n) is 7.12. The molecule has 166 valence electrons. The minimum absolute atomic E-state index is 0.0276. The van der Waals surface area contributed by atoms with E-state index in [0.717, 1.165) is 37.6 Å². The van der Waals surface area contributed by atoms with Crippen LogP contribution in [0, 0.1) is 17.6 Å². The number of carbonyl (C=O) groups is 2. The van der Waals surface area contributed by atoms with Crippen LogP contribution in [0.25, 0.3) is 0 Å². The highest BCUT2D eigenvalue weighted by molar-refractivity contribution is 5.97. The van der Waals surface area contributed by atoms with Crippen molar-refractivity contribution in [2.75, 3.05) is 19.7 Å². The molecule has 4 N–H and O–H groups in total. The Morgan fingerprint density at radius 3 is 2.71 bits per heavy atom. The van der Waals surface area contributed by atoms with Crippen molar-refractivity contribution in [3.63, 3.8) is 0 Å². The Morgan fingerprint density at radius 2 is 2.06 bits per heavy atom. The smallest absolute Gasteiger partial charge is 0.338 e. The van der Waals surface area contributed by atoms with Gasteiger partial charge in [-0.15, -0.1) is 0 Å². The van der Waals surface area contributed by atoms with Crippen molar-refractivity contribution < 1.29 is 38.1 Å². The molecule has 0 radical (unpaired) electrons. The first-order valence-electron chi connectivity index (χ1n) is 9.63. The number of nitrogens with one attached hydrogen (secondary N) is 2. The summed E-state index contributed by atoms with van der Waals surface area (Å²) >= 11 is 0. The van der Waals surface area contributed by atoms with Crippen LogP contribution in [0.1, 0.15) is 12.8 Å². The second kappa shape index (κ2) is 9.61. The first-order valence-corrected chi connectivity index (χ1v) is 9.63.